The number of thioether (sulfide) groups is 1. The molecule has 0 saturated carbocycles. The average molecular weight is 246 g/mol. The van der Waals surface area contributed by atoms with Crippen LogP contribution in [0.1, 0.15) is 11.6 Å². The molecule has 1 aromatic heterocycles. The van der Waals surface area contributed by atoms with Gasteiger partial charge in [0.2, 0.25) is 0 Å². The van der Waals surface area contributed by atoms with Gasteiger partial charge in [-0.15, -0.1) is 11.8 Å². The fraction of sp³-hybridized carbons (Fsp3) is 0.250. The Morgan fingerprint density at radius 3 is 2.41 bits per heavy atom. The van der Waals surface area contributed by atoms with Gasteiger partial charge in [0.1, 0.15) is 11.6 Å². The number of hydrogen-bond donors (Lipinski definition) is 1. The van der Waals surface area contributed by atoms with Crippen molar-refractivity contribution in [3.63, 3.8) is 0 Å². The van der Waals surface area contributed by atoms with Gasteiger partial charge in [-0.05, 0) is 25.3 Å². The molecule has 2 rings (SSSR count). The van der Waals surface area contributed by atoms with E-state index in [1.807, 2.05) is 19.1 Å². The second-order valence-corrected chi connectivity index (χ2v) is 4.43. The molecule has 0 unspecified atom stereocenters. The van der Waals surface area contributed by atoms with Crippen LogP contribution >= 0.6 is 11.8 Å². The third kappa shape index (κ3) is 2.81. The van der Waals surface area contributed by atoms with Crippen LogP contribution in [0.3, 0.4) is 0 Å². The van der Waals surface area contributed by atoms with E-state index in [-0.39, 0.29) is 0 Å². The molecule has 5 heteroatoms. The summed E-state index contributed by atoms with van der Waals surface area (Å²) in [6, 6.07) is 8.14. The minimum atomic E-state index is 0.333. The van der Waals surface area contributed by atoms with E-state index >= 15 is 0 Å². The highest BCUT2D eigenvalue weighted by Gasteiger charge is 2.05. The minimum Gasteiger partial charge on any atom is -0.324 e. The Morgan fingerprint density at radius 2 is 1.82 bits per heavy atom. The van der Waals surface area contributed by atoms with Crippen LogP contribution in [0.5, 0.6) is 0 Å². The highest BCUT2D eigenvalue weighted by atomic mass is 32.2. The van der Waals surface area contributed by atoms with E-state index < -0.39 is 0 Å². The van der Waals surface area contributed by atoms with Crippen LogP contribution in [-0.4, -0.2) is 21.2 Å². The maximum atomic E-state index is 5.56. The Kier molecular flexibility index (Phi) is 3.71. The first kappa shape index (κ1) is 12.0. The zero-order valence-electron chi connectivity index (χ0n) is 9.84. The minimum absolute atomic E-state index is 0.333. The summed E-state index contributed by atoms with van der Waals surface area (Å²) in [5.41, 5.74) is 6.54. The SMILES string of the molecule is CSc1ccc(-c2nc(C)nc(CN)n2)cc1. The molecule has 88 valence electrons. The van der Waals surface area contributed by atoms with E-state index in [1.165, 1.54) is 4.90 Å². The largest absolute Gasteiger partial charge is 0.324 e. The van der Waals surface area contributed by atoms with Crippen molar-refractivity contribution < 1.29 is 0 Å². The van der Waals surface area contributed by atoms with Crippen molar-refractivity contribution >= 4 is 11.8 Å². The zero-order valence-corrected chi connectivity index (χ0v) is 10.7. The number of aryl methyl sites for hydroxylation is 1. The van der Waals surface area contributed by atoms with Crippen LogP contribution in [0.25, 0.3) is 11.4 Å². The summed E-state index contributed by atoms with van der Waals surface area (Å²) in [5, 5.41) is 0. The van der Waals surface area contributed by atoms with Crippen LogP contribution in [0, 0.1) is 6.92 Å². The van der Waals surface area contributed by atoms with Gasteiger partial charge in [-0.1, -0.05) is 12.1 Å². The third-order valence-corrected chi connectivity index (χ3v) is 3.07. The van der Waals surface area contributed by atoms with Crippen molar-refractivity contribution in [3.05, 3.63) is 35.9 Å². The van der Waals surface area contributed by atoms with Crippen LogP contribution in [0.4, 0.5) is 0 Å². The first-order valence-electron chi connectivity index (χ1n) is 5.29. The van der Waals surface area contributed by atoms with Gasteiger partial charge in [-0.3, -0.25) is 0 Å². The standard InChI is InChI=1S/C12H14N4S/c1-8-14-11(7-13)16-12(15-8)9-3-5-10(17-2)6-4-9/h3-6H,7,13H2,1-2H3. The summed E-state index contributed by atoms with van der Waals surface area (Å²) in [6.07, 6.45) is 2.05. The Morgan fingerprint density at radius 1 is 1.12 bits per heavy atom. The second kappa shape index (κ2) is 5.25. The normalized spacial score (nSPS) is 10.5. The monoisotopic (exact) mass is 246 g/mol. The maximum absolute atomic E-state index is 5.56. The Hall–Kier alpha value is -1.46. The lowest BCUT2D eigenvalue weighted by molar-refractivity contribution is 0.851. The van der Waals surface area contributed by atoms with Gasteiger partial charge in [0.15, 0.2) is 5.82 Å². The maximum Gasteiger partial charge on any atom is 0.163 e. The number of nitrogens with two attached hydrogens (primary N) is 1. The van der Waals surface area contributed by atoms with Gasteiger partial charge in [0, 0.05) is 10.5 Å². The van der Waals surface area contributed by atoms with Crippen molar-refractivity contribution in [2.75, 3.05) is 6.26 Å². The second-order valence-electron chi connectivity index (χ2n) is 3.56. The van der Waals surface area contributed by atoms with E-state index in [1.54, 1.807) is 11.8 Å². The predicted molar refractivity (Wildman–Crippen MR) is 69.7 cm³/mol. The molecule has 4 nitrogen and oxygen atoms in total. The summed E-state index contributed by atoms with van der Waals surface area (Å²) in [6.45, 7) is 2.18. The summed E-state index contributed by atoms with van der Waals surface area (Å²) >= 11 is 1.71. The Bertz CT molecular complexity index is 510. The van der Waals surface area contributed by atoms with Crippen LogP contribution in [-0.2, 0) is 6.54 Å². The van der Waals surface area contributed by atoms with Gasteiger partial charge in [0.25, 0.3) is 0 Å². The number of nitrogens with zero attached hydrogens (tertiary/aromatic N) is 3. The van der Waals surface area contributed by atoms with Crippen molar-refractivity contribution in [3.8, 4) is 11.4 Å². The molecule has 0 aliphatic carbocycles. The Balaban J connectivity index is 2.41. The molecule has 0 amide bonds. The van der Waals surface area contributed by atoms with Crippen LogP contribution in [0.15, 0.2) is 29.2 Å². The molecule has 1 aromatic carbocycles. The van der Waals surface area contributed by atoms with Gasteiger partial charge in [0.05, 0.1) is 6.54 Å². The number of rotatable bonds is 3. The van der Waals surface area contributed by atoms with Crippen molar-refractivity contribution in [1.29, 1.82) is 0 Å². The quantitative estimate of drug-likeness (QED) is 0.839. The van der Waals surface area contributed by atoms with E-state index in [4.69, 9.17) is 5.73 Å². The Labute approximate surface area is 105 Å². The topological polar surface area (TPSA) is 64.7 Å². The third-order valence-electron chi connectivity index (χ3n) is 2.32. The first-order chi connectivity index (χ1) is 8.22. The molecule has 0 fully saturated rings. The molecule has 0 radical (unpaired) electrons. The first-order valence-corrected chi connectivity index (χ1v) is 6.51. The summed E-state index contributed by atoms with van der Waals surface area (Å²) < 4.78 is 0. The summed E-state index contributed by atoms with van der Waals surface area (Å²) in [7, 11) is 0. The molecular formula is C12H14N4S. The molecule has 0 saturated heterocycles. The molecule has 2 aromatic rings. The predicted octanol–water partition coefficient (Wildman–Crippen LogP) is 2.03. The van der Waals surface area contributed by atoms with Gasteiger partial charge < -0.3 is 5.73 Å². The molecule has 1 heterocycles. The molecular weight excluding hydrogens is 232 g/mol. The molecule has 0 aliphatic heterocycles. The summed E-state index contributed by atoms with van der Waals surface area (Å²) in [4.78, 5) is 14.0. The van der Waals surface area contributed by atoms with Gasteiger partial charge >= 0.3 is 0 Å². The number of aromatic nitrogens is 3. The highest BCUT2D eigenvalue weighted by molar-refractivity contribution is 7.98. The van der Waals surface area contributed by atoms with Crippen molar-refractivity contribution in [2.24, 2.45) is 5.73 Å². The number of hydrogen-bond acceptors (Lipinski definition) is 5. The van der Waals surface area contributed by atoms with Crippen LogP contribution in [0.2, 0.25) is 0 Å². The molecule has 2 N–H and O–H groups in total. The molecule has 0 aliphatic rings. The fourth-order valence-corrected chi connectivity index (χ4v) is 1.91. The number of benzene rings is 1. The lowest BCUT2D eigenvalue weighted by Crippen LogP contribution is -2.07. The highest BCUT2D eigenvalue weighted by Crippen LogP contribution is 2.20. The smallest absolute Gasteiger partial charge is 0.163 e. The average Bonchev–Trinajstić information content (AvgIpc) is 2.38. The van der Waals surface area contributed by atoms with E-state index in [2.05, 4.69) is 33.3 Å². The van der Waals surface area contributed by atoms with E-state index in [0.717, 1.165) is 5.56 Å². The van der Waals surface area contributed by atoms with Gasteiger partial charge in [-0.2, -0.15) is 0 Å². The lowest BCUT2D eigenvalue weighted by Gasteiger charge is -2.04. The summed E-state index contributed by atoms with van der Waals surface area (Å²) in [5.74, 6) is 2.01. The van der Waals surface area contributed by atoms with E-state index in [0.29, 0.717) is 24.0 Å². The lowest BCUT2D eigenvalue weighted by atomic mass is 10.2. The van der Waals surface area contributed by atoms with Crippen molar-refractivity contribution in [2.45, 2.75) is 18.4 Å². The fourth-order valence-electron chi connectivity index (χ4n) is 1.50. The van der Waals surface area contributed by atoms with Crippen LogP contribution < -0.4 is 5.73 Å². The molecule has 0 bridgehead atoms. The molecule has 0 atom stereocenters. The van der Waals surface area contributed by atoms with Gasteiger partial charge in [-0.25, -0.2) is 15.0 Å². The van der Waals surface area contributed by atoms with E-state index in [9.17, 15) is 0 Å². The zero-order chi connectivity index (χ0) is 12.3. The van der Waals surface area contributed by atoms with Crippen molar-refractivity contribution in [1.82, 2.24) is 15.0 Å². The molecule has 0 spiro atoms. The molecule has 17 heavy (non-hydrogen) atoms.